The van der Waals surface area contributed by atoms with E-state index in [0.717, 1.165) is 0 Å². The van der Waals surface area contributed by atoms with E-state index in [2.05, 4.69) is 0 Å². The Labute approximate surface area is 72.1 Å². The van der Waals surface area contributed by atoms with Crippen LogP contribution in [0.25, 0.3) is 0 Å². The van der Waals surface area contributed by atoms with Crippen LogP contribution < -0.4 is 0 Å². The SMILES string of the molecule is CC(=O)N1CCN(C(C)C)C1=O. The summed E-state index contributed by atoms with van der Waals surface area (Å²) in [6.07, 6.45) is 0. The van der Waals surface area contributed by atoms with Crippen LogP contribution in [0.4, 0.5) is 4.79 Å². The predicted octanol–water partition coefficient (Wildman–Crippen LogP) is 0.679. The van der Waals surface area contributed by atoms with Crippen molar-refractivity contribution in [3.05, 3.63) is 0 Å². The maximum atomic E-state index is 11.4. The van der Waals surface area contributed by atoms with Crippen LogP contribution in [-0.2, 0) is 4.79 Å². The summed E-state index contributed by atoms with van der Waals surface area (Å²) in [7, 11) is 0. The van der Waals surface area contributed by atoms with E-state index in [4.69, 9.17) is 0 Å². The second kappa shape index (κ2) is 3.13. The minimum Gasteiger partial charge on any atom is -0.320 e. The maximum Gasteiger partial charge on any atom is 0.327 e. The minimum atomic E-state index is -0.164. The van der Waals surface area contributed by atoms with E-state index in [-0.39, 0.29) is 18.0 Å². The van der Waals surface area contributed by atoms with E-state index >= 15 is 0 Å². The van der Waals surface area contributed by atoms with Gasteiger partial charge in [-0.25, -0.2) is 4.79 Å². The number of hydrogen-bond donors (Lipinski definition) is 0. The van der Waals surface area contributed by atoms with Gasteiger partial charge in [-0.2, -0.15) is 0 Å². The van der Waals surface area contributed by atoms with Gasteiger partial charge in [0, 0.05) is 26.1 Å². The molecule has 1 rings (SSSR count). The van der Waals surface area contributed by atoms with Crippen molar-refractivity contribution in [1.82, 2.24) is 9.80 Å². The number of imide groups is 1. The van der Waals surface area contributed by atoms with Gasteiger partial charge in [-0.15, -0.1) is 0 Å². The van der Waals surface area contributed by atoms with Crippen molar-refractivity contribution < 1.29 is 9.59 Å². The summed E-state index contributed by atoms with van der Waals surface area (Å²) in [4.78, 5) is 25.3. The Hall–Kier alpha value is -1.06. The molecule has 1 heterocycles. The van der Waals surface area contributed by atoms with Gasteiger partial charge < -0.3 is 4.90 Å². The first-order valence-electron chi connectivity index (χ1n) is 4.12. The molecule has 1 saturated heterocycles. The van der Waals surface area contributed by atoms with Gasteiger partial charge in [0.2, 0.25) is 5.91 Å². The summed E-state index contributed by atoms with van der Waals surface area (Å²) in [5.41, 5.74) is 0. The van der Waals surface area contributed by atoms with E-state index in [1.165, 1.54) is 11.8 Å². The van der Waals surface area contributed by atoms with Gasteiger partial charge in [0.1, 0.15) is 0 Å². The fourth-order valence-corrected chi connectivity index (χ4v) is 1.33. The molecule has 4 nitrogen and oxygen atoms in total. The molecule has 1 fully saturated rings. The first-order chi connectivity index (χ1) is 5.54. The van der Waals surface area contributed by atoms with Crippen LogP contribution in [0.15, 0.2) is 0 Å². The van der Waals surface area contributed by atoms with Crippen molar-refractivity contribution in [2.75, 3.05) is 13.1 Å². The molecule has 0 spiro atoms. The van der Waals surface area contributed by atoms with Crippen molar-refractivity contribution in [2.45, 2.75) is 26.8 Å². The van der Waals surface area contributed by atoms with E-state index in [9.17, 15) is 9.59 Å². The Balaban J connectivity index is 2.67. The fourth-order valence-electron chi connectivity index (χ4n) is 1.33. The first-order valence-corrected chi connectivity index (χ1v) is 4.12. The number of carbonyl (C=O) groups is 2. The van der Waals surface area contributed by atoms with Crippen molar-refractivity contribution in [3.8, 4) is 0 Å². The number of carbonyl (C=O) groups excluding carboxylic acids is 2. The van der Waals surface area contributed by atoms with Gasteiger partial charge in [-0.1, -0.05) is 0 Å². The molecule has 3 amide bonds. The Morgan fingerprint density at radius 1 is 1.42 bits per heavy atom. The molecular weight excluding hydrogens is 156 g/mol. The van der Waals surface area contributed by atoms with Crippen LogP contribution in [0.2, 0.25) is 0 Å². The predicted molar refractivity (Wildman–Crippen MR) is 44.6 cm³/mol. The Kier molecular flexibility index (Phi) is 2.35. The summed E-state index contributed by atoms with van der Waals surface area (Å²) in [5, 5.41) is 0. The van der Waals surface area contributed by atoms with Crippen molar-refractivity contribution in [2.24, 2.45) is 0 Å². The van der Waals surface area contributed by atoms with Gasteiger partial charge >= 0.3 is 6.03 Å². The van der Waals surface area contributed by atoms with Gasteiger partial charge in [0.05, 0.1) is 0 Å². The summed E-state index contributed by atoms with van der Waals surface area (Å²) in [5.74, 6) is -0.164. The molecule has 0 radical (unpaired) electrons. The topological polar surface area (TPSA) is 40.6 Å². The third kappa shape index (κ3) is 1.42. The molecule has 1 aliphatic rings. The number of nitrogens with zero attached hydrogens (tertiary/aromatic N) is 2. The molecule has 0 saturated carbocycles. The van der Waals surface area contributed by atoms with Crippen LogP contribution >= 0.6 is 0 Å². The monoisotopic (exact) mass is 170 g/mol. The highest BCUT2D eigenvalue weighted by molar-refractivity contribution is 5.94. The van der Waals surface area contributed by atoms with Gasteiger partial charge in [0.25, 0.3) is 0 Å². The van der Waals surface area contributed by atoms with Gasteiger partial charge in [-0.05, 0) is 13.8 Å². The molecule has 1 aliphatic heterocycles. The molecule has 0 aromatic rings. The zero-order valence-electron chi connectivity index (χ0n) is 7.70. The summed E-state index contributed by atoms with van der Waals surface area (Å²) in [6.45, 7) is 6.51. The molecule has 0 aliphatic carbocycles. The standard InChI is InChI=1S/C8H14N2O2/c1-6(2)9-4-5-10(7(3)11)8(9)12/h6H,4-5H2,1-3H3. The highest BCUT2D eigenvalue weighted by Gasteiger charge is 2.32. The summed E-state index contributed by atoms with van der Waals surface area (Å²) >= 11 is 0. The summed E-state index contributed by atoms with van der Waals surface area (Å²) < 4.78 is 0. The molecule has 12 heavy (non-hydrogen) atoms. The third-order valence-electron chi connectivity index (χ3n) is 2.04. The summed E-state index contributed by atoms with van der Waals surface area (Å²) in [6, 6.07) is 0.0272. The van der Waals surface area contributed by atoms with Crippen LogP contribution in [0.3, 0.4) is 0 Å². The molecule has 0 aromatic carbocycles. The van der Waals surface area contributed by atoms with E-state index < -0.39 is 0 Å². The molecule has 4 heteroatoms. The lowest BCUT2D eigenvalue weighted by molar-refractivity contribution is -0.125. The highest BCUT2D eigenvalue weighted by Crippen LogP contribution is 2.11. The van der Waals surface area contributed by atoms with Crippen LogP contribution in [-0.4, -0.2) is 40.9 Å². The molecular formula is C8H14N2O2. The average molecular weight is 170 g/mol. The lowest BCUT2D eigenvalue weighted by Crippen LogP contribution is -2.38. The van der Waals surface area contributed by atoms with E-state index in [0.29, 0.717) is 13.1 Å². The van der Waals surface area contributed by atoms with Gasteiger partial charge in [0.15, 0.2) is 0 Å². The lowest BCUT2D eigenvalue weighted by Gasteiger charge is -2.20. The maximum absolute atomic E-state index is 11.4. The van der Waals surface area contributed by atoms with Crippen LogP contribution in [0.5, 0.6) is 0 Å². The highest BCUT2D eigenvalue weighted by atomic mass is 16.2. The van der Waals surface area contributed by atoms with E-state index in [1.807, 2.05) is 13.8 Å². The second-order valence-electron chi connectivity index (χ2n) is 3.24. The largest absolute Gasteiger partial charge is 0.327 e. The smallest absolute Gasteiger partial charge is 0.320 e. The zero-order valence-corrected chi connectivity index (χ0v) is 7.70. The Bertz CT molecular complexity index is 213. The van der Waals surface area contributed by atoms with Crippen molar-refractivity contribution >= 4 is 11.9 Å². The Morgan fingerprint density at radius 2 is 2.00 bits per heavy atom. The number of amides is 3. The molecule has 0 bridgehead atoms. The molecule has 0 unspecified atom stereocenters. The fraction of sp³-hybridized carbons (Fsp3) is 0.750. The van der Waals surface area contributed by atoms with E-state index in [1.54, 1.807) is 4.90 Å². The normalized spacial score (nSPS) is 17.8. The average Bonchev–Trinajstić information content (AvgIpc) is 2.30. The number of urea groups is 1. The van der Waals surface area contributed by atoms with Crippen molar-refractivity contribution in [3.63, 3.8) is 0 Å². The van der Waals surface area contributed by atoms with Crippen LogP contribution in [0.1, 0.15) is 20.8 Å². The second-order valence-corrected chi connectivity index (χ2v) is 3.24. The van der Waals surface area contributed by atoms with Gasteiger partial charge in [-0.3, -0.25) is 9.69 Å². The zero-order chi connectivity index (χ0) is 9.30. The lowest BCUT2D eigenvalue weighted by atomic mass is 10.3. The quantitative estimate of drug-likeness (QED) is 0.580. The Morgan fingerprint density at radius 3 is 2.25 bits per heavy atom. The van der Waals surface area contributed by atoms with Crippen molar-refractivity contribution in [1.29, 1.82) is 0 Å². The number of hydrogen-bond acceptors (Lipinski definition) is 2. The third-order valence-corrected chi connectivity index (χ3v) is 2.04. The molecule has 0 aromatic heterocycles. The number of rotatable bonds is 1. The molecule has 68 valence electrons. The molecule has 0 atom stereocenters. The molecule has 0 N–H and O–H groups in total. The van der Waals surface area contributed by atoms with Crippen LogP contribution in [0, 0.1) is 0 Å². The first kappa shape index (κ1) is 9.03. The minimum absolute atomic E-state index is 0.155.